The van der Waals surface area contributed by atoms with E-state index in [1.54, 1.807) is 24.3 Å². The zero-order valence-electron chi connectivity index (χ0n) is 17.0. The molecular weight excluding hydrogens is 452 g/mol. The van der Waals surface area contributed by atoms with E-state index in [1.165, 1.54) is 12.3 Å². The summed E-state index contributed by atoms with van der Waals surface area (Å²) in [4.78, 5) is 15.0. The molecule has 0 amide bonds. The number of carbonyl (C=O) groups is 1. The number of ether oxygens (including phenoxy) is 1. The first-order valence-corrected chi connectivity index (χ1v) is 11.9. The van der Waals surface area contributed by atoms with Crippen molar-refractivity contribution in [3.05, 3.63) is 76.9 Å². The maximum Gasteiger partial charge on any atom is 0.341 e. The van der Waals surface area contributed by atoms with Crippen molar-refractivity contribution in [3.63, 3.8) is 0 Å². The Hall–Kier alpha value is -2.94. The van der Waals surface area contributed by atoms with Crippen LogP contribution in [-0.2, 0) is 21.2 Å². The fourth-order valence-corrected chi connectivity index (χ4v) is 5.28. The Labute approximate surface area is 191 Å². The summed E-state index contributed by atoms with van der Waals surface area (Å²) < 4.78 is 34.2. The molecule has 0 saturated heterocycles. The van der Waals surface area contributed by atoms with Crippen molar-refractivity contribution in [2.45, 2.75) is 30.3 Å². The quantitative estimate of drug-likeness (QED) is 0.533. The number of sulfonamides is 1. The number of hydrogen-bond donors (Lipinski definition) is 2. The van der Waals surface area contributed by atoms with Crippen LogP contribution in [0.3, 0.4) is 0 Å². The first-order chi connectivity index (χ1) is 15.3. The third-order valence-electron chi connectivity index (χ3n) is 5.31. The first-order valence-electron chi connectivity index (χ1n) is 10.0. The standard InChI is InChI=1S/C23H21ClN2O5S/c24-19-8-2-1-5-16(19)15-11-12-22(25-13-15)32(29,30)26-20-9-3-7-18-17(20)6-4-10-21(18)31-14-23(27)28/h1-2,4-6,8,10-13,20,26H,3,7,9,14H2,(H,27,28). The largest absolute Gasteiger partial charge is 0.482 e. The molecule has 0 saturated carbocycles. The minimum atomic E-state index is -3.88. The van der Waals surface area contributed by atoms with Gasteiger partial charge < -0.3 is 9.84 Å². The molecule has 1 aliphatic rings. The highest BCUT2D eigenvalue weighted by Gasteiger charge is 2.28. The molecule has 0 fully saturated rings. The smallest absolute Gasteiger partial charge is 0.341 e. The fourth-order valence-electron chi connectivity index (χ4n) is 3.85. The van der Waals surface area contributed by atoms with Gasteiger partial charge in [-0.1, -0.05) is 41.9 Å². The van der Waals surface area contributed by atoms with Gasteiger partial charge in [0.25, 0.3) is 10.0 Å². The van der Waals surface area contributed by atoms with Crippen LogP contribution in [0.15, 0.2) is 65.8 Å². The van der Waals surface area contributed by atoms with Crippen molar-refractivity contribution < 1.29 is 23.1 Å². The van der Waals surface area contributed by atoms with E-state index in [0.717, 1.165) is 28.7 Å². The normalized spacial score (nSPS) is 15.7. The number of pyridine rings is 1. The van der Waals surface area contributed by atoms with Gasteiger partial charge in [0, 0.05) is 28.4 Å². The van der Waals surface area contributed by atoms with Gasteiger partial charge >= 0.3 is 5.97 Å². The van der Waals surface area contributed by atoms with E-state index in [0.29, 0.717) is 23.6 Å². The molecule has 166 valence electrons. The van der Waals surface area contributed by atoms with E-state index in [1.807, 2.05) is 24.3 Å². The molecule has 0 bridgehead atoms. The molecule has 7 nitrogen and oxygen atoms in total. The van der Waals surface area contributed by atoms with Crippen LogP contribution in [0.4, 0.5) is 0 Å². The SMILES string of the molecule is O=C(O)COc1cccc2c1CCCC2NS(=O)(=O)c1ccc(-c2ccccc2Cl)cn1. The summed E-state index contributed by atoms with van der Waals surface area (Å²) in [6.07, 6.45) is 3.54. The van der Waals surface area contributed by atoms with Gasteiger partial charge in [0.1, 0.15) is 5.75 Å². The number of aliphatic carboxylic acids is 1. The lowest BCUT2D eigenvalue weighted by Crippen LogP contribution is -2.31. The lowest BCUT2D eigenvalue weighted by atomic mass is 9.87. The first kappa shape index (κ1) is 22.3. The fraction of sp³-hybridized carbons (Fsp3) is 0.217. The van der Waals surface area contributed by atoms with Gasteiger partial charge in [0.05, 0.1) is 0 Å². The summed E-state index contributed by atoms with van der Waals surface area (Å²) in [5.41, 5.74) is 3.11. The number of halogens is 1. The zero-order valence-corrected chi connectivity index (χ0v) is 18.6. The summed E-state index contributed by atoms with van der Waals surface area (Å²) in [6.45, 7) is -0.450. The molecule has 0 spiro atoms. The van der Waals surface area contributed by atoms with Gasteiger partial charge in [-0.3, -0.25) is 0 Å². The second kappa shape index (κ2) is 9.28. The van der Waals surface area contributed by atoms with Crippen molar-refractivity contribution in [2.75, 3.05) is 6.61 Å². The highest BCUT2D eigenvalue weighted by atomic mass is 35.5. The molecule has 0 radical (unpaired) electrons. The van der Waals surface area contributed by atoms with Crippen molar-refractivity contribution in [1.29, 1.82) is 0 Å². The highest BCUT2D eigenvalue weighted by Crippen LogP contribution is 2.36. The molecule has 0 aliphatic heterocycles. The molecule has 32 heavy (non-hydrogen) atoms. The monoisotopic (exact) mass is 472 g/mol. The average molecular weight is 473 g/mol. The number of rotatable bonds is 7. The third kappa shape index (κ3) is 4.77. The maximum atomic E-state index is 13.0. The van der Waals surface area contributed by atoms with E-state index in [2.05, 4.69) is 9.71 Å². The van der Waals surface area contributed by atoms with Crippen LogP contribution in [0.25, 0.3) is 11.1 Å². The predicted octanol–water partition coefficient (Wildman–Crippen LogP) is 4.22. The van der Waals surface area contributed by atoms with Crippen molar-refractivity contribution in [3.8, 4) is 16.9 Å². The number of fused-ring (bicyclic) bond motifs is 1. The average Bonchev–Trinajstić information content (AvgIpc) is 2.78. The lowest BCUT2D eigenvalue weighted by Gasteiger charge is -2.27. The van der Waals surface area contributed by atoms with Gasteiger partial charge in [-0.2, -0.15) is 0 Å². The minimum Gasteiger partial charge on any atom is -0.482 e. The number of nitrogens with one attached hydrogen (secondary N) is 1. The van der Waals surface area contributed by atoms with Crippen molar-refractivity contribution in [1.82, 2.24) is 9.71 Å². The van der Waals surface area contributed by atoms with Crippen molar-refractivity contribution >= 4 is 27.6 Å². The molecule has 2 N–H and O–H groups in total. The summed E-state index contributed by atoms with van der Waals surface area (Å²) in [7, 11) is -3.88. The Morgan fingerprint density at radius 3 is 2.69 bits per heavy atom. The maximum absolute atomic E-state index is 13.0. The third-order valence-corrected chi connectivity index (χ3v) is 7.03. The lowest BCUT2D eigenvalue weighted by molar-refractivity contribution is -0.139. The predicted molar refractivity (Wildman–Crippen MR) is 120 cm³/mol. The number of hydrogen-bond acceptors (Lipinski definition) is 5. The Bertz CT molecular complexity index is 1250. The van der Waals surface area contributed by atoms with E-state index in [4.69, 9.17) is 21.4 Å². The number of aromatic nitrogens is 1. The Balaban J connectivity index is 1.57. The van der Waals surface area contributed by atoms with Crippen LogP contribution in [0, 0.1) is 0 Å². The zero-order chi connectivity index (χ0) is 22.7. The molecule has 3 aromatic rings. The number of nitrogens with zero attached hydrogens (tertiary/aromatic N) is 1. The van der Waals surface area contributed by atoms with Gasteiger partial charge in [0.2, 0.25) is 0 Å². The molecule has 1 atom stereocenters. The topological polar surface area (TPSA) is 106 Å². The van der Waals surface area contributed by atoms with Crippen LogP contribution in [0.1, 0.15) is 30.0 Å². The Kier molecular flexibility index (Phi) is 6.45. The van der Waals surface area contributed by atoms with Crippen LogP contribution in [0.5, 0.6) is 5.75 Å². The Morgan fingerprint density at radius 2 is 1.97 bits per heavy atom. The molecule has 1 aromatic heterocycles. The summed E-state index contributed by atoms with van der Waals surface area (Å²) in [5.74, 6) is -0.599. The summed E-state index contributed by atoms with van der Waals surface area (Å²) in [6, 6.07) is 15.2. The van der Waals surface area contributed by atoms with Crippen LogP contribution in [0.2, 0.25) is 5.02 Å². The number of carboxylic acids is 1. The summed E-state index contributed by atoms with van der Waals surface area (Å²) in [5, 5.41) is 9.36. The second-order valence-electron chi connectivity index (χ2n) is 7.44. The molecule has 9 heteroatoms. The highest BCUT2D eigenvalue weighted by molar-refractivity contribution is 7.89. The van der Waals surface area contributed by atoms with E-state index < -0.39 is 28.6 Å². The number of carboxylic acid groups (broad SMARTS) is 1. The van der Waals surface area contributed by atoms with Crippen molar-refractivity contribution in [2.24, 2.45) is 0 Å². The minimum absolute atomic E-state index is 0.0845. The van der Waals surface area contributed by atoms with E-state index >= 15 is 0 Å². The summed E-state index contributed by atoms with van der Waals surface area (Å²) >= 11 is 6.22. The second-order valence-corrected chi connectivity index (χ2v) is 9.51. The molecule has 2 aromatic carbocycles. The Morgan fingerprint density at radius 1 is 1.16 bits per heavy atom. The van der Waals surface area contributed by atoms with Crippen LogP contribution in [-0.4, -0.2) is 31.1 Å². The molecule has 1 unspecified atom stereocenters. The van der Waals surface area contributed by atoms with E-state index in [-0.39, 0.29) is 5.03 Å². The van der Waals surface area contributed by atoms with Gasteiger partial charge in [0.15, 0.2) is 11.6 Å². The van der Waals surface area contributed by atoms with Crippen LogP contribution >= 0.6 is 11.6 Å². The van der Waals surface area contributed by atoms with Gasteiger partial charge in [-0.15, -0.1) is 0 Å². The molecule has 1 heterocycles. The van der Waals surface area contributed by atoms with Gasteiger partial charge in [-0.05, 0) is 54.7 Å². The molecular formula is C23H21ClN2O5S. The van der Waals surface area contributed by atoms with Crippen LogP contribution < -0.4 is 9.46 Å². The number of benzene rings is 2. The molecule has 4 rings (SSSR count). The molecule has 1 aliphatic carbocycles. The van der Waals surface area contributed by atoms with Gasteiger partial charge in [-0.25, -0.2) is 22.9 Å². The van der Waals surface area contributed by atoms with E-state index in [9.17, 15) is 13.2 Å².